The molecule has 0 spiro atoms. The molecule has 2 aromatic heterocycles. The fourth-order valence-electron chi connectivity index (χ4n) is 3.21. The molecule has 3 heterocycles. The number of nitrogens with one attached hydrogen (secondary N) is 2. The Bertz CT molecular complexity index is 620. The molecule has 5 nitrogen and oxygen atoms in total. The van der Waals surface area contributed by atoms with Gasteiger partial charge in [0.2, 0.25) is 0 Å². The number of nitrogens with zero attached hydrogens (tertiary/aromatic N) is 2. The van der Waals surface area contributed by atoms with Crippen LogP contribution in [0.2, 0.25) is 0 Å². The molecular formula is C16H24N4O. The van der Waals surface area contributed by atoms with E-state index in [9.17, 15) is 0 Å². The van der Waals surface area contributed by atoms with E-state index >= 15 is 0 Å². The van der Waals surface area contributed by atoms with E-state index in [2.05, 4.69) is 41.0 Å². The predicted octanol–water partition coefficient (Wildman–Crippen LogP) is 3.14. The molecule has 0 amide bonds. The lowest BCUT2D eigenvalue weighted by Gasteiger charge is -2.35. The first-order valence-electron chi connectivity index (χ1n) is 7.78. The Morgan fingerprint density at radius 2 is 2.29 bits per heavy atom. The van der Waals surface area contributed by atoms with Crippen molar-refractivity contribution < 1.29 is 4.74 Å². The Kier molecular flexibility index (Phi) is 3.85. The number of H-pyrrole nitrogens is 1. The molecule has 114 valence electrons. The SMILES string of the molecule is CCc1c[nH]c2ncnc(NCC3CCOC(C)(C)C3)c12. The molecule has 2 N–H and O–H groups in total. The second-order valence-corrected chi connectivity index (χ2v) is 6.46. The second-order valence-electron chi connectivity index (χ2n) is 6.46. The molecule has 0 aromatic carbocycles. The molecule has 1 aliphatic heterocycles. The van der Waals surface area contributed by atoms with Crippen molar-refractivity contribution in [1.29, 1.82) is 0 Å². The Balaban J connectivity index is 1.75. The number of hydrogen-bond acceptors (Lipinski definition) is 4. The summed E-state index contributed by atoms with van der Waals surface area (Å²) >= 11 is 0. The van der Waals surface area contributed by atoms with E-state index in [-0.39, 0.29) is 5.60 Å². The summed E-state index contributed by atoms with van der Waals surface area (Å²) in [6.45, 7) is 8.28. The first-order valence-corrected chi connectivity index (χ1v) is 7.78. The van der Waals surface area contributed by atoms with Gasteiger partial charge in [0.05, 0.1) is 11.0 Å². The van der Waals surface area contributed by atoms with E-state index in [1.165, 1.54) is 5.56 Å². The van der Waals surface area contributed by atoms with Gasteiger partial charge in [-0.25, -0.2) is 9.97 Å². The molecule has 1 unspecified atom stereocenters. The number of rotatable bonds is 4. The van der Waals surface area contributed by atoms with Gasteiger partial charge < -0.3 is 15.0 Å². The first-order chi connectivity index (χ1) is 10.1. The fourth-order valence-corrected chi connectivity index (χ4v) is 3.21. The Hall–Kier alpha value is -1.62. The molecule has 2 aromatic rings. The van der Waals surface area contributed by atoms with E-state index in [1.54, 1.807) is 6.33 Å². The van der Waals surface area contributed by atoms with Crippen LogP contribution < -0.4 is 5.32 Å². The van der Waals surface area contributed by atoms with Crippen LogP contribution in [0.25, 0.3) is 11.0 Å². The largest absolute Gasteiger partial charge is 0.376 e. The van der Waals surface area contributed by atoms with E-state index in [1.807, 2.05) is 6.20 Å². The molecule has 1 aliphatic rings. The number of fused-ring (bicyclic) bond motifs is 1. The molecule has 1 fully saturated rings. The molecule has 3 rings (SSSR count). The van der Waals surface area contributed by atoms with Crippen LogP contribution in [-0.2, 0) is 11.2 Å². The van der Waals surface area contributed by atoms with Crippen molar-refractivity contribution in [2.75, 3.05) is 18.5 Å². The normalized spacial score (nSPS) is 21.6. The number of aromatic amines is 1. The van der Waals surface area contributed by atoms with Gasteiger partial charge in [0.15, 0.2) is 0 Å². The number of anilines is 1. The molecule has 21 heavy (non-hydrogen) atoms. The van der Waals surface area contributed by atoms with Crippen LogP contribution in [0.3, 0.4) is 0 Å². The molecule has 5 heteroatoms. The van der Waals surface area contributed by atoms with Crippen LogP contribution in [0.1, 0.15) is 39.2 Å². The van der Waals surface area contributed by atoms with Crippen molar-refractivity contribution >= 4 is 16.9 Å². The topological polar surface area (TPSA) is 62.8 Å². The average Bonchev–Trinajstić information content (AvgIpc) is 2.88. The van der Waals surface area contributed by atoms with Crippen molar-refractivity contribution in [3.63, 3.8) is 0 Å². The summed E-state index contributed by atoms with van der Waals surface area (Å²) in [5.74, 6) is 1.57. The van der Waals surface area contributed by atoms with Gasteiger partial charge in [0.1, 0.15) is 17.8 Å². The van der Waals surface area contributed by atoms with Crippen LogP contribution in [0, 0.1) is 5.92 Å². The highest BCUT2D eigenvalue weighted by Gasteiger charge is 2.28. The summed E-state index contributed by atoms with van der Waals surface area (Å²) in [6.07, 6.45) is 6.82. The van der Waals surface area contributed by atoms with E-state index in [0.29, 0.717) is 5.92 Å². The molecule has 0 radical (unpaired) electrons. The highest BCUT2D eigenvalue weighted by molar-refractivity contribution is 5.90. The third kappa shape index (κ3) is 3.02. The summed E-state index contributed by atoms with van der Waals surface area (Å²) in [4.78, 5) is 12.0. The van der Waals surface area contributed by atoms with Gasteiger partial charge in [-0.1, -0.05) is 6.92 Å². The molecular weight excluding hydrogens is 264 g/mol. The Morgan fingerprint density at radius 3 is 3.05 bits per heavy atom. The minimum absolute atomic E-state index is 0.00570. The smallest absolute Gasteiger partial charge is 0.143 e. The van der Waals surface area contributed by atoms with Crippen LogP contribution in [0.15, 0.2) is 12.5 Å². The van der Waals surface area contributed by atoms with Crippen molar-refractivity contribution in [3.05, 3.63) is 18.1 Å². The lowest BCUT2D eigenvalue weighted by Crippen LogP contribution is -2.36. The molecule has 1 saturated heterocycles. The minimum Gasteiger partial charge on any atom is -0.376 e. The van der Waals surface area contributed by atoms with Crippen molar-refractivity contribution in [3.8, 4) is 0 Å². The first kappa shape index (κ1) is 14.3. The zero-order valence-electron chi connectivity index (χ0n) is 13.1. The van der Waals surface area contributed by atoms with Gasteiger partial charge >= 0.3 is 0 Å². The summed E-state index contributed by atoms with van der Waals surface area (Å²) < 4.78 is 5.78. The predicted molar refractivity (Wildman–Crippen MR) is 84.5 cm³/mol. The van der Waals surface area contributed by atoms with Gasteiger partial charge in [-0.05, 0) is 44.6 Å². The molecule has 0 aliphatic carbocycles. The average molecular weight is 288 g/mol. The number of aryl methyl sites for hydroxylation is 1. The Labute approximate surface area is 125 Å². The van der Waals surface area contributed by atoms with E-state index < -0.39 is 0 Å². The van der Waals surface area contributed by atoms with Crippen molar-refractivity contribution in [1.82, 2.24) is 15.0 Å². The lowest BCUT2D eigenvalue weighted by atomic mass is 9.88. The maximum Gasteiger partial charge on any atom is 0.143 e. The van der Waals surface area contributed by atoms with Crippen molar-refractivity contribution in [2.45, 2.75) is 45.6 Å². The number of ether oxygens (including phenoxy) is 1. The standard InChI is InChI=1S/C16H24N4O/c1-4-12-9-18-15-13(12)14(19-10-20-15)17-8-11-5-6-21-16(2,3)7-11/h9-11H,4-8H2,1-3H3,(H2,17,18,19,20). The highest BCUT2D eigenvalue weighted by atomic mass is 16.5. The van der Waals surface area contributed by atoms with E-state index in [0.717, 1.165) is 49.3 Å². The van der Waals surface area contributed by atoms with Crippen LogP contribution in [0.5, 0.6) is 0 Å². The maximum absolute atomic E-state index is 5.78. The number of aromatic nitrogens is 3. The highest BCUT2D eigenvalue weighted by Crippen LogP contribution is 2.29. The molecule has 0 saturated carbocycles. The van der Waals surface area contributed by atoms with Gasteiger partial charge in [-0.15, -0.1) is 0 Å². The Morgan fingerprint density at radius 1 is 1.43 bits per heavy atom. The summed E-state index contributed by atoms with van der Waals surface area (Å²) in [7, 11) is 0. The van der Waals surface area contributed by atoms with Gasteiger partial charge in [-0.2, -0.15) is 0 Å². The quantitative estimate of drug-likeness (QED) is 0.907. The second kappa shape index (κ2) is 5.64. The minimum atomic E-state index is -0.00570. The van der Waals surface area contributed by atoms with Crippen LogP contribution in [-0.4, -0.2) is 33.7 Å². The van der Waals surface area contributed by atoms with Crippen LogP contribution in [0.4, 0.5) is 5.82 Å². The number of hydrogen-bond donors (Lipinski definition) is 2. The summed E-state index contributed by atoms with van der Waals surface area (Å²) in [5.41, 5.74) is 2.17. The third-order valence-corrected chi connectivity index (χ3v) is 4.29. The zero-order chi connectivity index (χ0) is 14.9. The lowest BCUT2D eigenvalue weighted by molar-refractivity contribution is -0.0699. The van der Waals surface area contributed by atoms with Gasteiger partial charge in [0.25, 0.3) is 0 Å². The van der Waals surface area contributed by atoms with Crippen molar-refractivity contribution in [2.24, 2.45) is 5.92 Å². The fraction of sp³-hybridized carbons (Fsp3) is 0.625. The maximum atomic E-state index is 5.78. The summed E-state index contributed by atoms with van der Waals surface area (Å²) in [5, 5.41) is 4.66. The van der Waals surface area contributed by atoms with Crippen LogP contribution >= 0.6 is 0 Å². The third-order valence-electron chi connectivity index (χ3n) is 4.29. The van der Waals surface area contributed by atoms with E-state index in [4.69, 9.17) is 4.74 Å². The summed E-state index contributed by atoms with van der Waals surface area (Å²) in [6, 6.07) is 0. The molecule has 1 atom stereocenters. The zero-order valence-corrected chi connectivity index (χ0v) is 13.1. The molecule has 0 bridgehead atoms. The van der Waals surface area contributed by atoms with Gasteiger partial charge in [0, 0.05) is 19.3 Å². The monoisotopic (exact) mass is 288 g/mol. The van der Waals surface area contributed by atoms with Gasteiger partial charge in [-0.3, -0.25) is 0 Å².